The Balaban J connectivity index is 1.48. The fourth-order valence-corrected chi connectivity index (χ4v) is 6.56. The maximum absolute atomic E-state index is 14.9. The van der Waals surface area contributed by atoms with Crippen LogP contribution in [0.3, 0.4) is 0 Å². The van der Waals surface area contributed by atoms with Crippen molar-refractivity contribution in [2.45, 2.75) is 24.1 Å². The SMILES string of the molecule is N#CC1=C(N)OC2(C(=O)N(Cc3ccccc3)c3ccccc32)C12C(=O)N(Cc1ccccc1)c1ccccc12. The molecule has 0 radical (unpaired) electrons. The summed E-state index contributed by atoms with van der Waals surface area (Å²) in [5, 5.41) is 10.5. The minimum Gasteiger partial charge on any atom is -0.455 e. The lowest BCUT2D eigenvalue weighted by atomic mass is 9.62. The van der Waals surface area contributed by atoms with Crippen molar-refractivity contribution in [1.82, 2.24) is 0 Å². The Morgan fingerprint density at radius 1 is 0.675 bits per heavy atom. The molecule has 0 aromatic heterocycles. The topological polar surface area (TPSA) is 99.7 Å². The molecule has 2 atom stereocenters. The van der Waals surface area contributed by atoms with E-state index in [4.69, 9.17) is 10.5 Å². The molecule has 4 aromatic rings. The van der Waals surface area contributed by atoms with Crippen molar-refractivity contribution in [2.24, 2.45) is 5.73 Å². The van der Waals surface area contributed by atoms with Crippen LogP contribution in [-0.4, -0.2) is 11.8 Å². The number of benzene rings is 4. The summed E-state index contributed by atoms with van der Waals surface area (Å²) in [7, 11) is 0. The second-order valence-electron chi connectivity index (χ2n) is 10.2. The van der Waals surface area contributed by atoms with Crippen molar-refractivity contribution in [3.05, 3.63) is 143 Å². The summed E-state index contributed by atoms with van der Waals surface area (Å²) in [6.07, 6.45) is 0. The van der Waals surface area contributed by atoms with E-state index >= 15 is 0 Å². The molecule has 2 amide bonds. The summed E-state index contributed by atoms with van der Waals surface area (Å²) in [5.41, 5.74) is 6.80. The number of amides is 2. The first-order valence-corrected chi connectivity index (χ1v) is 13.0. The quantitative estimate of drug-likeness (QED) is 0.419. The maximum Gasteiger partial charge on any atom is 0.278 e. The Morgan fingerprint density at radius 2 is 1.15 bits per heavy atom. The number of para-hydroxylation sites is 2. The Bertz CT molecular complexity index is 1760. The van der Waals surface area contributed by atoms with Gasteiger partial charge in [-0.25, -0.2) is 0 Å². The highest BCUT2D eigenvalue weighted by atomic mass is 16.5. The molecular weight excluding hydrogens is 500 g/mol. The van der Waals surface area contributed by atoms with E-state index < -0.39 is 22.8 Å². The summed E-state index contributed by atoms with van der Waals surface area (Å²) >= 11 is 0. The van der Waals surface area contributed by atoms with Gasteiger partial charge in [-0.15, -0.1) is 0 Å². The van der Waals surface area contributed by atoms with Gasteiger partial charge in [-0.2, -0.15) is 5.26 Å². The Kier molecular flexibility index (Phi) is 5.09. The van der Waals surface area contributed by atoms with Gasteiger partial charge < -0.3 is 20.3 Å². The molecule has 7 nitrogen and oxygen atoms in total. The molecule has 40 heavy (non-hydrogen) atoms. The van der Waals surface area contributed by atoms with Crippen molar-refractivity contribution >= 4 is 23.2 Å². The van der Waals surface area contributed by atoms with Crippen LogP contribution in [0.2, 0.25) is 0 Å². The third-order valence-electron chi connectivity index (χ3n) is 8.18. The van der Waals surface area contributed by atoms with E-state index in [1.165, 1.54) is 0 Å². The van der Waals surface area contributed by atoms with E-state index in [0.717, 1.165) is 11.1 Å². The predicted molar refractivity (Wildman–Crippen MR) is 149 cm³/mol. The molecule has 3 aliphatic heterocycles. The van der Waals surface area contributed by atoms with Crippen LogP contribution < -0.4 is 15.5 Å². The van der Waals surface area contributed by atoms with E-state index in [-0.39, 0.29) is 24.5 Å². The largest absolute Gasteiger partial charge is 0.455 e. The van der Waals surface area contributed by atoms with E-state index in [1.807, 2.05) is 97.1 Å². The minimum absolute atomic E-state index is 0.0507. The Morgan fingerprint density at radius 3 is 1.73 bits per heavy atom. The summed E-state index contributed by atoms with van der Waals surface area (Å²) in [6, 6.07) is 36.0. The fraction of sp³-hybridized carbons (Fsp3) is 0.121. The average Bonchev–Trinajstić information content (AvgIpc) is 3.50. The molecule has 2 spiro atoms. The van der Waals surface area contributed by atoms with E-state index in [0.29, 0.717) is 22.5 Å². The molecule has 2 unspecified atom stereocenters. The molecule has 0 bridgehead atoms. The smallest absolute Gasteiger partial charge is 0.278 e. The molecule has 2 N–H and O–H groups in total. The molecule has 0 fully saturated rings. The molecule has 4 aromatic carbocycles. The van der Waals surface area contributed by atoms with Crippen molar-refractivity contribution in [3.8, 4) is 6.07 Å². The summed E-state index contributed by atoms with van der Waals surface area (Å²) < 4.78 is 6.38. The van der Waals surface area contributed by atoms with Gasteiger partial charge in [-0.1, -0.05) is 97.1 Å². The molecule has 7 rings (SSSR count). The zero-order valence-corrected chi connectivity index (χ0v) is 21.5. The van der Waals surface area contributed by atoms with E-state index in [1.54, 1.807) is 21.9 Å². The first-order valence-electron chi connectivity index (χ1n) is 13.0. The number of carbonyl (C=O) groups excluding carboxylic acids is 2. The zero-order valence-electron chi connectivity index (χ0n) is 21.5. The molecule has 0 saturated carbocycles. The van der Waals surface area contributed by atoms with Crippen LogP contribution in [0.5, 0.6) is 0 Å². The van der Waals surface area contributed by atoms with Crippen LogP contribution in [0.25, 0.3) is 0 Å². The number of anilines is 2. The van der Waals surface area contributed by atoms with Gasteiger partial charge >= 0.3 is 0 Å². The van der Waals surface area contributed by atoms with Crippen LogP contribution in [0.1, 0.15) is 22.3 Å². The van der Waals surface area contributed by atoms with Crippen LogP contribution >= 0.6 is 0 Å². The molecule has 0 saturated heterocycles. The van der Waals surface area contributed by atoms with Crippen LogP contribution in [0.15, 0.2) is 121 Å². The van der Waals surface area contributed by atoms with Gasteiger partial charge in [0.25, 0.3) is 5.91 Å². The number of nitrogens with two attached hydrogens (primary N) is 1. The van der Waals surface area contributed by atoms with Crippen molar-refractivity contribution in [2.75, 3.05) is 9.80 Å². The van der Waals surface area contributed by atoms with Gasteiger partial charge in [0.1, 0.15) is 11.6 Å². The Hall–Kier alpha value is -5.35. The summed E-state index contributed by atoms with van der Waals surface area (Å²) in [5.74, 6) is -1.06. The second-order valence-corrected chi connectivity index (χ2v) is 10.2. The lowest BCUT2D eigenvalue weighted by molar-refractivity contribution is -0.148. The lowest BCUT2D eigenvalue weighted by Gasteiger charge is -2.37. The average molecular weight is 525 g/mol. The van der Waals surface area contributed by atoms with E-state index in [2.05, 4.69) is 6.07 Å². The third kappa shape index (κ3) is 2.88. The lowest BCUT2D eigenvalue weighted by Crippen LogP contribution is -2.59. The molecule has 3 aliphatic rings. The third-order valence-corrected chi connectivity index (χ3v) is 8.18. The summed E-state index contributed by atoms with van der Waals surface area (Å²) in [4.78, 5) is 33.0. The highest BCUT2D eigenvalue weighted by Gasteiger charge is 2.78. The first kappa shape index (κ1) is 23.7. The van der Waals surface area contributed by atoms with Gasteiger partial charge in [-0.3, -0.25) is 9.59 Å². The number of nitriles is 1. The molecule has 3 heterocycles. The fourth-order valence-electron chi connectivity index (χ4n) is 6.56. The van der Waals surface area contributed by atoms with Crippen molar-refractivity contribution < 1.29 is 14.3 Å². The van der Waals surface area contributed by atoms with Gasteiger partial charge in [0.15, 0.2) is 5.41 Å². The number of hydrogen-bond donors (Lipinski definition) is 1. The summed E-state index contributed by atoms with van der Waals surface area (Å²) in [6.45, 7) is 0.528. The van der Waals surface area contributed by atoms with E-state index in [9.17, 15) is 14.9 Å². The number of rotatable bonds is 4. The highest BCUT2D eigenvalue weighted by molar-refractivity contribution is 6.20. The highest BCUT2D eigenvalue weighted by Crippen LogP contribution is 2.65. The second kappa shape index (κ2) is 8.58. The van der Waals surface area contributed by atoms with Crippen LogP contribution in [0, 0.1) is 11.3 Å². The normalized spacial score (nSPS) is 22.6. The number of fused-ring (bicyclic) bond motifs is 5. The molecule has 0 aliphatic carbocycles. The molecular formula is C33H24N4O3. The number of carbonyl (C=O) groups is 2. The number of ether oxygens (including phenoxy) is 1. The monoisotopic (exact) mass is 524 g/mol. The maximum atomic E-state index is 14.9. The number of nitrogens with zero attached hydrogens (tertiary/aromatic N) is 3. The standard InChI is InChI=1S/C33H24N4O3/c34-19-26-29(35)40-33(25-16-8-10-18-28(25)37(31(33)39)21-23-13-5-2-6-14-23)32(26)24-15-7-9-17-27(24)36(30(32)38)20-22-11-3-1-4-12-22/h1-18H,20-21,35H2. The van der Waals surface area contributed by atoms with Gasteiger partial charge in [0.05, 0.1) is 18.8 Å². The van der Waals surface area contributed by atoms with Crippen LogP contribution in [0.4, 0.5) is 11.4 Å². The van der Waals surface area contributed by atoms with Gasteiger partial charge in [0.2, 0.25) is 17.4 Å². The van der Waals surface area contributed by atoms with Gasteiger partial charge in [0, 0.05) is 16.8 Å². The Labute approximate surface area is 231 Å². The predicted octanol–water partition coefficient (Wildman–Crippen LogP) is 4.64. The van der Waals surface area contributed by atoms with Crippen molar-refractivity contribution in [1.29, 1.82) is 5.26 Å². The minimum atomic E-state index is -1.88. The molecule has 194 valence electrons. The number of hydrogen-bond acceptors (Lipinski definition) is 5. The van der Waals surface area contributed by atoms with Crippen molar-refractivity contribution in [3.63, 3.8) is 0 Å². The zero-order chi connectivity index (χ0) is 27.5. The first-order chi connectivity index (χ1) is 19.5. The van der Waals surface area contributed by atoms with Crippen LogP contribution in [-0.2, 0) is 38.4 Å². The molecule has 7 heteroatoms. The van der Waals surface area contributed by atoms with Gasteiger partial charge in [-0.05, 0) is 23.3 Å².